The van der Waals surface area contributed by atoms with E-state index >= 15 is 0 Å². The lowest BCUT2D eigenvalue weighted by Gasteiger charge is -2.25. The van der Waals surface area contributed by atoms with Gasteiger partial charge in [-0.15, -0.1) is 12.4 Å². The van der Waals surface area contributed by atoms with E-state index in [1.165, 1.54) is 0 Å². The summed E-state index contributed by atoms with van der Waals surface area (Å²) in [6.07, 6.45) is 1.95. The SMILES string of the molecule is Cl.NCc1ccc(C(=O)N2CCCC2c2ccc(O)cc2)cc1. The molecule has 0 bridgehead atoms. The summed E-state index contributed by atoms with van der Waals surface area (Å²) in [5.74, 6) is 0.302. The molecule has 0 aliphatic carbocycles. The van der Waals surface area contributed by atoms with Gasteiger partial charge in [0.2, 0.25) is 0 Å². The Labute approximate surface area is 142 Å². The Kier molecular flexibility index (Phi) is 5.64. The first-order valence-corrected chi connectivity index (χ1v) is 7.58. The molecule has 0 spiro atoms. The monoisotopic (exact) mass is 332 g/mol. The van der Waals surface area contributed by atoms with Crippen LogP contribution in [0.15, 0.2) is 48.5 Å². The maximum Gasteiger partial charge on any atom is 0.254 e. The predicted molar refractivity (Wildman–Crippen MR) is 92.7 cm³/mol. The third-order valence-corrected chi connectivity index (χ3v) is 4.23. The third kappa shape index (κ3) is 3.66. The molecule has 0 radical (unpaired) electrons. The summed E-state index contributed by atoms with van der Waals surface area (Å²) >= 11 is 0. The molecule has 1 aliphatic heterocycles. The molecule has 1 atom stereocenters. The van der Waals surface area contributed by atoms with E-state index in [9.17, 15) is 9.90 Å². The maximum absolute atomic E-state index is 12.7. The lowest BCUT2D eigenvalue weighted by Crippen LogP contribution is -2.30. The lowest BCUT2D eigenvalue weighted by molar-refractivity contribution is 0.0735. The highest BCUT2D eigenvalue weighted by Crippen LogP contribution is 2.33. The van der Waals surface area contributed by atoms with Crippen LogP contribution in [0.4, 0.5) is 0 Å². The van der Waals surface area contributed by atoms with Crippen molar-refractivity contribution in [2.75, 3.05) is 6.54 Å². The largest absolute Gasteiger partial charge is 0.508 e. The number of amides is 1. The Morgan fingerprint density at radius 3 is 2.39 bits per heavy atom. The van der Waals surface area contributed by atoms with Gasteiger partial charge in [-0.05, 0) is 48.2 Å². The van der Waals surface area contributed by atoms with E-state index in [-0.39, 0.29) is 30.1 Å². The Morgan fingerprint density at radius 1 is 1.13 bits per heavy atom. The molecule has 23 heavy (non-hydrogen) atoms. The van der Waals surface area contributed by atoms with Crippen LogP contribution < -0.4 is 5.73 Å². The molecule has 0 aromatic heterocycles. The minimum absolute atomic E-state index is 0. The van der Waals surface area contributed by atoms with Crippen LogP contribution in [-0.4, -0.2) is 22.5 Å². The fourth-order valence-electron chi connectivity index (χ4n) is 3.00. The number of halogens is 1. The fourth-order valence-corrected chi connectivity index (χ4v) is 3.00. The minimum atomic E-state index is 0. The van der Waals surface area contributed by atoms with Gasteiger partial charge >= 0.3 is 0 Å². The molecule has 3 rings (SSSR count). The molecule has 4 nitrogen and oxygen atoms in total. The van der Waals surface area contributed by atoms with E-state index in [4.69, 9.17) is 5.73 Å². The standard InChI is InChI=1S/C18H20N2O2.ClH/c19-12-13-3-5-15(6-4-13)18(22)20-11-1-2-17(20)14-7-9-16(21)10-8-14;/h3-10,17,21H,1-2,11-12,19H2;1H. The maximum atomic E-state index is 12.7. The molecule has 1 saturated heterocycles. The number of phenolic OH excluding ortho intramolecular Hbond substituents is 1. The number of nitrogens with two attached hydrogens (primary N) is 1. The molecule has 1 unspecified atom stereocenters. The van der Waals surface area contributed by atoms with Gasteiger partial charge in [0.25, 0.3) is 5.91 Å². The summed E-state index contributed by atoms with van der Waals surface area (Å²) in [5.41, 5.74) is 8.38. The average Bonchev–Trinajstić information content (AvgIpc) is 3.04. The highest BCUT2D eigenvalue weighted by molar-refractivity contribution is 5.94. The van der Waals surface area contributed by atoms with Crippen molar-refractivity contribution in [1.29, 1.82) is 0 Å². The second-order valence-corrected chi connectivity index (χ2v) is 5.65. The van der Waals surface area contributed by atoms with E-state index in [1.54, 1.807) is 12.1 Å². The zero-order chi connectivity index (χ0) is 15.5. The van der Waals surface area contributed by atoms with Crippen molar-refractivity contribution in [1.82, 2.24) is 4.90 Å². The number of carbonyl (C=O) groups excluding carboxylic acids is 1. The highest BCUT2D eigenvalue weighted by atomic mass is 35.5. The molecule has 1 amide bonds. The third-order valence-electron chi connectivity index (χ3n) is 4.23. The van der Waals surface area contributed by atoms with Gasteiger partial charge in [0.1, 0.15) is 5.75 Å². The summed E-state index contributed by atoms with van der Waals surface area (Å²) in [7, 11) is 0. The van der Waals surface area contributed by atoms with Crippen molar-refractivity contribution < 1.29 is 9.90 Å². The van der Waals surface area contributed by atoms with Gasteiger partial charge in [0.05, 0.1) is 6.04 Å². The summed E-state index contributed by atoms with van der Waals surface area (Å²) in [6, 6.07) is 14.7. The van der Waals surface area contributed by atoms with Crippen LogP contribution in [0.5, 0.6) is 5.75 Å². The van der Waals surface area contributed by atoms with Crippen molar-refractivity contribution in [3.8, 4) is 5.75 Å². The van der Waals surface area contributed by atoms with Crippen molar-refractivity contribution in [3.63, 3.8) is 0 Å². The Hall–Kier alpha value is -2.04. The van der Waals surface area contributed by atoms with Gasteiger partial charge in [-0.2, -0.15) is 0 Å². The number of likely N-dealkylation sites (tertiary alicyclic amines) is 1. The van der Waals surface area contributed by atoms with Gasteiger partial charge in [-0.3, -0.25) is 4.79 Å². The van der Waals surface area contributed by atoms with Crippen molar-refractivity contribution in [2.24, 2.45) is 5.73 Å². The smallest absolute Gasteiger partial charge is 0.254 e. The summed E-state index contributed by atoms with van der Waals surface area (Å²) < 4.78 is 0. The molecule has 2 aromatic carbocycles. The van der Waals surface area contributed by atoms with Crippen LogP contribution in [0.1, 0.15) is 40.4 Å². The van der Waals surface area contributed by atoms with Crippen LogP contribution in [0.2, 0.25) is 0 Å². The normalized spacial score (nSPS) is 16.9. The number of hydrogen-bond donors (Lipinski definition) is 2. The first-order chi connectivity index (χ1) is 10.7. The number of nitrogens with zero attached hydrogens (tertiary/aromatic N) is 1. The van der Waals surface area contributed by atoms with Crippen LogP contribution >= 0.6 is 12.4 Å². The Morgan fingerprint density at radius 2 is 1.78 bits per heavy atom. The fraction of sp³-hybridized carbons (Fsp3) is 0.278. The molecule has 1 aliphatic rings. The zero-order valence-corrected chi connectivity index (χ0v) is 13.6. The molecule has 1 fully saturated rings. The molecule has 1 heterocycles. The van der Waals surface area contributed by atoms with Gasteiger partial charge in [-0.1, -0.05) is 24.3 Å². The number of phenols is 1. The number of carbonyl (C=O) groups is 1. The topological polar surface area (TPSA) is 66.6 Å². The van der Waals surface area contributed by atoms with Crippen molar-refractivity contribution >= 4 is 18.3 Å². The zero-order valence-electron chi connectivity index (χ0n) is 12.8. The van der Waals surface area contributed by atoms with E-state index in [0.29, 0.717) is 12.1 Å². The van der Waals surface area contributed by atoms with E-state index in [2.05, 4.69) is 0 Å². The molecule has 5 heteroatoms. The number of aromatic hydroxyl groups is 1. The minimum Gasteiger partial charge on any atom is -0.508 e. The van der Waals surface area contributed by atoms with Crippen LogP contribution in [0.3, 0.4) is 0 Å². The average molecular weight is 333 g/mol. The van der Waals surface area contributed by atoms with Gasteiger partial charge in [-0.25, -0.2) is 0 Å². The van der Waals surface area contributed by atoms with E-state index in [1.807, 2.05) is 41.3 Å². The first-order valence-electron chi connectivity index (χ1n) is 7.58. The lowest BCUT2D eigenvalue weighted by atomic mass is 10.0. The van der Waals surface area contributed by atoms with Crippen LogP contribution in [0, 0.1) is 0 Å². The summed E-state index contributed by atoms with van der Waals surface area (Å²) in [5, 5.41) is 9.41. The summed E-state index contributed by atoms with van der Waals surface area (Å²) in [6.45, 7) is 1.25. The second kappa shape index (κ2) is 7.49. The molecule has 3 N–H and O–H groups in total. The first kappa shape index (κ1) is 17.3. The van der Waals surface area contributed by atoms with Crippen molar-refractivity contribution in [2.45, 2.75) is 25.4 Å². The highest BCUT2D eigenvalue weighted by Gasteiger charge is 2.30. The van der Waals surface area contributed by atoms with Crippen LogP contribution in [-0.2, 0) is 6.54 Å². The Bertz CT molecular complexity index is 656. The second-order valence-electron chi connectivity index (χ2n) is 5.65. The van der Waals surface area contributed by atoms with E-state index < -0.39 is 0 Å². The van der Waals surface area contributed by atoms with Gasteiger partial charge in [0.15, 0.2) is 0 Å². The Balaban J connectivity index is 0.00000192. The van der Waals surface area contributed by atoms with E-state index in [0.717, 1.165) is 30.5 Å². The number of benzene rings is 2. The number of rotatable bonds is 3. The van der Waals surface area contributed by atoms with Gasteiger partial charge in [0, 0.05) is 18.7 Å². The quantitative estimate of drug-likeness (QED) is 0.906. The van der Waals surface area contributed by atoms with Gasteiger partial charge < -0.3 is 15.7 Å². The molecular weight excluding hydrogens is 312 g/mol. The molecule has 122 valence electrons. The molecule has 0 saturated carbocycles. The number of hydrogen-bond acceptors (Lipinski definition) is 3. The molecule has 2 aromatic rings. The summed E-state index contributed by atoms with van der Waals surface area (Å²) in [4.78, 5) is 14.7. The predicted octanol–water partition coefficient (Wildman–Crippen LogP) is 3.25. The molecular formula is C18H21ClN2O2. The van der Waals surface area contributed by atoms with Crippen molar-refractivity contribution in [3.05, 3.63) is 65.2 Å². The van der Waals surface area contributed by atoms with Crippen LogP contribution in [0.25, 0.3) is 0 Å².